The van der Waals surface area contributed by atoms with E-state index in [-0.39, 0.29) is 0 Å². The van der Waals surface area contributed by atoms with Crippen molar-refractivity contribution in [3.8, 4) is 0 Å². The van der Waals surface area contributed by atoms with Gasteiger partial charge in [0.05, 0.1) is 6.10 Å². The monoisotopic (exact) mass is 331 g/mol. The molecule has 1 heterocycles. The minimum Gasteiger partial charge on any atom is -0.389 e. The topological polar surface area (TPSA) is 23.5 Å². The predicted octanol–water partition coefficient (Wildman–Crippen LogP) is 4.59. The van der Waals surface area contributed by atoms with E-state index in [4.69, 9.17) is 0 Å². The number of aliphatic hydroxyl groups excluding tert-OH is 1. The average Bonchev–Trinajstić information content (AvgIpc) is 2.73. The van der Waals surface area contributed by atoms with Gasteiger partial charge in [-0.2, -0.15) is 0 Å². The van der Waals surface area contributed by atoms with Gasteiger partial charge in [-0.15, -0.1) is 0 Å². The van der Waals surface area contributed by atoms with Gasteiger partial charge in [-0.1, -0.05) is 40.2 Å². The van der Waals surface area contributed by atoms with Crippen molar-refractivity contribution in [2.75, 3.05) is 4.90 Å². The van der Waals surface area contributed by atoms with E-state index in [1.54, 1.807) is 0 Å². The summed E-state index contributed by atoms with van der Waals surface area (Å²) < 4.78 is 1.04. The van der Waals surface area contributed by atoms with Gasteiger partial charge in [0.25, 0.3) is 0 Å². The summed E-state index contributed by atoms with van der Waals surface area (Å²) in [7, 11) is 0. The van der Waals surface area contributed by atoms with Crippen LogP contribution in [0.4, 0.5) is 11.4 Å². The van der Waals surface area contributed by atoms with E-state index in [1.807, 2.05) is 19.1 Å². The molecule has 0 fully saturated rings. The summed E-state index contributed by atoms with van der Waals surface area (Å²) in [5.41, 5.74) is 4.68. The van der Waals surface area contributed by atoms with Crippen LogP contribution in [0.5, 0.6) is 0 Å². The Bertz CT molecular complexity index is 639. The Hall–Kier alpha value is -1.32. The summed E-state index contributed by atoms with van der Waals surface area (Å²) in [6, 6.07) is 15.0. The van der Waals surface area contributed by atoms with Gasteiger partial charge in [-0.3, -0.25) is 0 Å². The fraction of sp³-hybridized carbons (Fsp3) is 0.294. The summed E-state index contributed by atoms with van der Waals surface area (Å²) in [6.07, 6.45) is 0.570. The molecule has 3 rings (SSSR count). The van der Waals surface area contributed by atoms with Crippen molar-refractivity contribution in [1.29, 1.82) is 0 Å². The molecule has 0 aliphatic carbocycles. The molecule has 0 amide bonds. The second kappa shape index (κ2) is 5.23. The normalized spacial score (nSPS) is 19.0. The zero-order chi connectivity index (χ0) is 14.3. The van der Waals surface area contributed by atoms with Crippen molar-refractivity contribution in [3.05, 3.63) is 58.1 Å². The number of fused-ring (bicyclic) bond motifs is 1. The van der Waals surface area contributed by atoms with Crippen molar-refractivity contribution in [1.82, 2.24) is 0 Å². The molecule has 2 unspecified atom stereocenters. The lowest BCUT2D eigenvalue weighted by atomic mass is 10.1. The highest BCUT2D eigenvalue weighted by atomic mass is 79.9. The number of aliphatic hydroxyl groups is 1. The van der Waals surface area contributed by atoms with E-state index < -0.39 is 6.10 Å². The Balaban J connectivity index is 2.16. The van der Waals surface area contributed by atoms with Gasteiger partial charge in [0.1, 0.15) is 0 Å². The van der Waals surface area contributed by atoms with Gasteiger partial charge in [0.15, 0.2) is 0 Å². The zero-order valence-corrected chi connectivity index (χ0v) is 13.3. The van der Waals surface area contributed by atoms with E-state index in [0.29, 0.717) is 6.04 Å². The summed E-state index contributed by atoms with van der Waals surface area (Å²) in [5, 5.41) is 10.0. The molecule has 2 aromatic carbocycles. The van der Waals surface area contributed by atoms with Gasteiger partial charge in [-0.05, 0) is 44.0 Å². The van der Waals surface area contributed by atoms with Gasteiger partial charge in [0.2, 0.25) is 0 Å². The first kappa shape index (κ1) is 13.7. The highest BCUT2D eigenvalue weighted by molar-refractivity contribution is 9.10. The lowest BCUT2D eigenvalue weighted by molar-refractivity contribution is 0.199. The Kier molecular flexibility index (Phi) is 3.57. The van der Waals surface area contributed by atoms with Gasteiger partial charge in [-0.25, -0.2) is 0 Å². The third kappa shape index (κ3) is 2.25. The molecule has 1 N–H and O–H groups in total. The van der Waals surface area contributed by atoms with Crippen LogP contribution in [0.25, 0.3) is 0 Å². The van der Waals surface area contributed by atoms with Crippen LogP contribution in [-0.4, -0.2) is 11.1 Å². The van der Waals surface area contributed by atoms with Crippen LogP contribution in [0, 0.1) is 0 Å². The van der Waals surface area contributed by atoms with E-state index in [0.717, 1.165) is 22.1 Å². The summed E-state index contributed by atoms with van der Waals surface area (Å²) in [6.45, 7) is 4.05. The van der Waals surface area contributed by atoms with Crippen molar-refractivity contribution >= 4 is 27.3 Å². The maximum atomic E-state index is 10.0. The van der Waals surface area contributed by atoms with Gasteiger partial charge < -0.3 is 10.0 Å². The quantitative estimate of drug-likeness (QED) is 0.870. The molecule has 0 saturated carbocycles. The molecule has 20 heavy (non-hydrogen) atoms. The Morgan fingerprint density at radius 1 is 1.20 bits per heavy atom. The molecule has 1 aliphatic rings. The Morgan fingerprint density at radius 2 is 1.95 bits per heavy atom. The van der Waals surface area contributed by atoms with Gasteiger partial charge in [0, 0.05) is 27.5 Å². The first-order chi connectivity index (χ1) is 9.58. The number of benzene rings is 2. The van der Waals surface area contributed by atoms with E-state index >= 15 is 0 Å². The minimum absolute atomic E-state index is 0.402. The first-order valence-electron chi connectivity index (χ1n) is 6.92. The smallest absolute Gasteiger partial charge is 0.0782 e. The van der Waals surface area contributed by atoms with Crippen LogP contribution in [0.3, 0.4) is 0 Å². The molecule has 2 atom stereocenters. The summed E-state index contributed by atoms with van der Waals surface area (Å²) in [4.78, 5) is 2.34. The molecule has 2 nitrogen and oxygen atoms in total. The first-order valence-corrected chi connectivity index (χ1v) is 7.72. The Labute approximate surface area is 128 Å². The molecule has 3 heteroatoms. The van der Waals surface area contributed by atoms with Crippen LogP contribution >= 0.6 is 15.9 Å². The fourth-order valence-corrected chi connectivity index (χ4v) is 3.36. The van der Waals surface area contributed by atoms with Crippen LogP contribution < -0.4 is 4.90 Å². The lowest BCUT2D eigenvalue weighted by Gasteiger charge is -2.28. The number of anilines is 2. The van der Waals surface area contributed by atoms with E-state index in [9.17, 15) is 5.11 Å². The van der Waals surface area contributed by atoms with Crippen LogP contribution in [-0.2, 0) is 6.42 Å². The number of hydrogen-bond donors (Lipinski definition) is 1. The summed E-state index contributed by atoms with van der Waals surface area (Å²) >= 11 is 3.54. The van der Waals surface area contributed by atoms with Crippen molar-refractivity contribution < 1.29 is 5.11 Å². The number of halogens is 1. The molecule has 0 radical (unpaired) electrons. The SMILES string of the molecule is CC(O)c1ccc(Br)cc1N1c2ccccc2CC1C. The molecular formula is C17H18BrNO. The number of nitrogens with zero attached hydrogens (tertiary/aromatic N) is 1. The summed E-state index contributed by atoms with van der Waals surface area (Å²) in [5.74, 6) is 0. The van der Waals surface area contributed by atoms with Gasteiger partial charge >= 0.3 is 0 Å². The van der Waals surface area contributed by atoms with E-state index in [2.05, 4.69) is 58.1 Å². The molecular weight excluding hydrogens is 314 g/mol. The van der Waals surface area contributed by atoms with Crippen molar-refractivity contribution in [2.45, 2.75) is 32.4 Å². The molecule has 104 valence electrons. The fourth-order valence-electron chi connectivity index (χ4n) is 3.01. The highest BCUT2D eigenvalue weighted by Gasteiger charge is 2.29. The minimum atomic E-state index is -0.474. The predicted molar refractivity (Wildman–Crippen MR) is 86.5 cm³/mol. The molecule has 0 spiro atoms. The molecule has 0 aromatic heterocycles. The lowest BCUT2D eigenvalue weighted by Crippen LogP contribution is -2.25. The Morgan fingerprint density at radius 3 is 2.70 bits per heavy atom. The van der Waals surface area contributed by atoms with Crippen LogP contribution in [0.2, 0.25) is 0 Å². The third-order valence-electron chi connectivity index (χ3n) is 3.91. The second-order valence-corrected chi connectivity index (χ2v) is 6.35. The van der Waals surface area contributed by atoms with Crippen molar-refractivity contribution in [2.24, 2.45) is 0 Å². The van der Waals surface area contributed by atoms with Crippen LogP contribution in [0.15, 0.2) is 46.9 Å². The number of rotatable bonds is 2. The maximum absolute atomic E-state index is 10.0. The second-order valence-electron chi connectivity index (χ2n) is 5.43. The van der Waals surface area contributed by atoms with Crippen molar-refractivity contribution in [3.63, 3.8) is 0 Å². The number of hydrogen-bond acceptors (Lipinski definition) is 2. The van der Waals surface area contributed by atoms with E-state index in [1.165, 1.54) is 11.3 Å². The highest BCUT2D eigenvalue weighted by Crippen LogP contribution is 2.41. The number of para-hydroxylation sites is 1. The maximum Gasteiger partial charge on any atom is 0.0782 e. The molecule has 0 saturated heterocycles. The zero-order valence-electron chi connectivity index (χ0n) is 11.7. The molecule has 1 aliphatic heterocycles. The molecule has 2 aromatic rings. The largest absolute Gasteiger partial charge is 0.389 e. The standard InChI is InChI=1S/C17H18BrNO/c1-11-9-13-5-3-4-6-16(13)19(11)17-10-14(18)7-8-15(17)12(2)20/h3-8,10-12,20H,9H2,1-2H3. The third-order valence-corrected chi connectivity index (χ3v) is 4.40. The molecule has 0 bridgehead atoms. The van der Waals surface area contributed by atoms with Crippen LogP contribution in [0.1, 0.15) is 31.1 Å². The average molecular weight is 332 g/mol.